The monoisotopic (exact) mass is 608 g/mol. The summed E-state index contributed by atoms with van der Waals surface area (Å²) in [4.78, 5) is 58.3. The molecule has 12 nitrogen and oxygen atoms in total. The zero-order valence-corrected chi connectivity index (χ0v) is 24.1. The van der Waals surface area contributed by atoms with Crippen molar-refractivity contribution in [3.8, 4) is 11.5 Å². The lowest BCUT2D eigenvalue weighted by molar-refractivity contribution is -0.123. The number of pyridine rings is 1. The summed E-state index contributed by atoms with van der Waals surface area (Å²) in [5, 5.41) is 4.93. The number of amides is 3. The van der Waals surface area contributed by atoms with Gasteiger partial charge in [0.15, 0.2) is 17.4 Å². The number of anilines is 1. The van der Waals surface area contributed by atoms with Crippen molar-refractivity contribution in [3.63, 3.8) is 0 Å². The van der Waals surface area contributed by atoms with E-state index in [1.54, 1.807) is 50.5 Å². The van der Waals surface area contributed by atoms with Crippen molar-refractivity contribution >= 4 is 34.6 Å². The standard InChI is InChI=1S/C30H30F2N6O6/c1-37(2)24(39)14-8-7-12-21(34-30(42)43-3)28(40)33-22-13-9-15-38(29(22)41)17-23-35-25-19(31)16-20(32)27(26(25)36-23)44-18-10-5-4-6-11-18/h4-6,8-11,13-16,21H,7,12,17H2,1-3H3,(H,33,40)(H,34,42)(H,35,36)/b14-8+. The van der Waals surface area contributed by atoms with Crippen LogP contribution >= 0.6 is 0 Å². The molecule has 44 heavy (non-hydrogen) atoms. The molecule has 0 spiro atoms. The zero-order chi connectivity index (χ0) is 31.8. The van der Waals surface area contributed by atoms with Gasteiger partial charge in [-0.1, -0.05) is 24.3 Å². The normalized spacial score (nSPS) is 11.8. The van der Waals surface area contributed by atoms with Gasteiger partial charge < -0.3 is 34.6 Å². The van der Waals surface area contributed by atoms with Crippen LogP contribution < -0.4 is 20.9 Å². The number of hydrogen-bond acceptors (Lipinski definition) is 7. The number of nitrogens with zero attached hydrogens (tertiary/aromatic N) is 3. The second kappa shape index (κ2) is 14.1. The van der Waals surface area contributed by atoms with Crippen molar-refractivity contribution in [2.45, 2.75) is 25.4 Å². The first kappa shape index (κ1) is 31.4. The highest BCUT2D eigenvalue weighted by Gasteiger charge is 2.23. The number of rotatable bonds is 11. The average molecular weight is 609 g/mol. The van der Waals surface area contributed by atoms with E-state index in [1.807, 2.05) is 0 Å². The number of methoxy groups -OCH3 is 1. The fraction of sp³-hybridized carbons (Fsp3) is 0.233. The number of hydrogen-bond donors (Lipinski definition) is 3. The molecule has 0 aliphatic heterocycles. The van der Waals surface area contributed by atoms with Crippen molar-refractivity contribution in [1.82, 2.24) is 24.8 Å². The quantitative estimate of drug-likeness (QED) is 0.219. The van der Waals surface area contributed by atoms with Crippen LogP contribution in [0.3, 0.4) is 0 Å². The van der Waals surface area contributed by atoms with Gasteiger partial charge in [-0.05, 0) is 43.2 Å². The number of nitrogens with one attached hydrogen (secondary N) is 3. The Morgan fingerprint density at radius 3 is 2.57 bits per heavy atom. The van der Waals surface area contributed by atoms with Crippen molar-refractivity contribution in [2.24, 2.45) is 0 Å². The number of carbonyl (C=O) groups excluding carboxylic acids is 3. The summed E-state index contributed by atoms with van der Waals surface area (Å²) in [5.74, 6) is -2.60. The lowest BCUT2D eigenvalue weighted by Gasteiger charge is -2.17. The lowest BCUT2D eigenvalue weighted by atomic mass is 10.1. The highest BCUT2D eigenvalue weighted by atomic mass is 19.1. The molecule has 4 rings (SSSR count). The van der Waals surface area contributed by atoms with Gasteiger partial charge in [0.05, 0.1) is 13.7 Å². The number of likely N-dealkylation sites (N-methyl/N-ethyl adjacent to an activating group) is 1. The Morgan fingerprint density at radius 1 is 1.11 bits per heavy atom. The van der Waals surface area contributed by atoms with Crippen molar-refractivity contribution in [3.05, 3.63) is 94.7 Å². The molecule has 1 atom stereocenters. The van der Waals surface area contributed by atoms with E-state index in [1.165, 1.54) is 33.9 Å². The Kier molecular flexibility index (Phi) is 10.1. The summed E-state index contributed by atoms with van der Waals surface area (Å²) in [6.45, 7) is -0.183. The van der Waals surface area contributed by atoms with Gasteiger partial charge in [0.2, 0.25) is 11.8 Å². The van der Waals surface area contributed by atoms with Crippen LogP contribution in [0.25, 0.3) is 11.0 Å². The Hall–Kier alpha value is -5.53. The molecule has 0 saturated carbocycles. The first-order valence-electron chi connectivity index (χ1n) is 13.4. The molecule has 14 heteroatoms. The van der Waals surface area contributed by atoms with Gasteiger partial charge in [-0.3, -0.25) is 14.4 Å². The van der Waals surface area contributed by atoms with Crippen LogP contribution in [0.5, 0.6) is 11.5 Å². The van der Waals surface area contributed by atoms with E-state index < -0.39 is 35.2 Å². The number of fused-ring (bicyclic) bond motifs is 1. The number of aromatic nitrogens is 3. The summed E-state index contributed by atoms with van der Waals surface area (Å²) < 4.78 is 40.8. The van der Waals surface area contributed by atoms with Crippen LogP contribution in [0, 0.1) is 11.6 Å². The van der Waals surface area contributed by atoms with E-state index in [0.29, 0.717) is 11.8 Å². The predicted molar refractivity (Wildman–Crippen MR) is 157 cm³/mol. The van der Waals surface area contributed by atoms with E-state index in [2.05, 4.69) is 25.3 Å². The summed E-state index contributed by atoms with van der Waals surface area (Å²) in [7, 11) is 4.33. The number of para-hydroxylation sites is 1. The third-order valence-electron chi connectivity index (χ3n) is 6.35. The summed E-state index contributed by atoms with van der Waals surface area (Å²) in [6.07, 6.45) is 3.86. The van der Waals surface area contributed by atoms with E-state index in [-0.39, 0.29) is 53.6 Å². The second-order valence-corrected chi connectivity index (χ2v) is 9.74. The molecule has 0 fully saturated rings. The number of ether oxygens (including phenoxy) is 2. The van der Waals surface area contributed by atoms with Gasteiger partial charge in [0, 0.05) is 26.4 Å². The van der Waals surface area contributed by atoms with Gasteiger partial charge in [-0.2, -0.15) is 0 Å². The topological polar surface area (TPSA) is 148 Å². The van der Waals surface area contributed by atoms with Gasteiger partial charge >= 0.3 is 6.09 Å². The highest BCUT2D eigenvalue weighted by Crippen LogP contribution is 2.33. The molecule has 0 bridgehead atoms. The molecular weight excluding hydrogens is 578 g/mol. The number of halogens is 2. The fourth-order valence-corrected chi connectivity index (χ4v) is 4.11. The first-order chi connectivity index (χ1) is 21.1. The number of H-pyrrole nitrogens is 1. The maximum absolute atomic E-state index is 14.7. The Morgan fingerprint density at radius 2 is 1.86 bits per heavy atom. The molecule has 3 N–H and O–H groups in total. The molecule has 2 aromatic carbocycles. The molecule has 2 aromatic heterocycles. The summed E-state index contributed by atoms with van der Waals surface area (Å²) in [5.41, 5.74) is -0.934. The Bertz CT molecular complexity index is 1750. The number of carbonyl (C=O) groups is 3. The number of benzene rings is 2. The molecule has 4 aromatic rings. The second-order valence-electron chi connectivity index (χ2n) is 9.74. The highest BCUT2D eigenvalue weighted by molar-refractivity contribution is 5.96. The van der Waals surface area contributed by atoms with Crippen LogP contribution in [-0.4, -0.2) is 64.6 Å². The van der Waals surface area contributed by atoms with Gasteiger partial charge in [0.25, 0.3) is 5.56 Å². The maximum Gasteiger partial charge on any atom is 0.407 e. The van der Waals surface area contributed by atoms with Gasteiger partial charge in [-0.25, -0.2) is 18.6 Å². The van der Waals surface area contributed by atoms with Gasteiger partial charge in [0.1, 0.15) is 34.3 Å². The average Bonchev–Trinajstić information content (AvgIpc) is 3.43. The SMILES string of the molecule is COC(=O)NC(CC/C=C/C(=O)N(C)C)C(=O)Nc1cccn(Cc2nc3c(F)cc(F)c(Oc4ccccc4)c3[nH]2)c1=O. The lowest BCUT2D eigenvalue weighted by Crippen LogP contribution is -2.44. The first-order valence-corrected chi connectivity index (χ1v) is 13.4. The minimum atomic E-state index is -1.09. The molecule has 1 unspecified atom stereocenters. The van der Waals surface area contributed by atoms with E-state index in [9.17, 15) is 28.0 Å². The third-order valence-corrected chi connectivity index (χ3v) is 6.35. The number of imidazole rings is 1. The van der Waals surface area contributed by atoms with Crippen molar-refractivity contribution in [1.29, 1.82) is 0 Å². The smallest absolute Gasteiger partial charge is 0.407 e. The molecule has 3 amide bonds. The molecular formula is C30H30F2N6O6. The van der Waals surface area contributed by atoms with E-state index in [0.717, 1.165) is 7.11 Å². The minimum Gasteiger partial charge on any atom is -0.453 e. The van der Waals surface area contributed by atoms with Gasteiger partial charge in [-0.15, -0.1) is 0 Å². The van der Waals surface area contributed by atoms with Crippen LogP contribution in [-0.2, 0) is 20.9 Å². The Balaban J connectivity index is 1.54. The number of aromatic amines is 1. The third kappa shape index (κ3) is 7.65. The van der Waals surface area contributed by atoms with E-state index >= 15 is 0 Å². The summed E-state index contributed by atoms with van der Waals surface area (Å²) >= 11 is 0. The molecule has 0 aliphatic rings. The predicted octanol–water partition coefficient (Wildman–Crippen LogP) is 3.93. The Labute approximate surface area is 250 Å². The number of alkyl carbamates (subject to hydrolysis) is 1. The molecule has 0 radical (unpaired) electrons. The molecule has 2 heterocycles. The van der Waals surface area contributed by atoms with Crippen LogP contribution in [0.1, 0.15) is 18.7 Å². The molecule has 230 valence electrons. The fourth-order valence-electron chi connectivity index (χ4n) is 4.11. The van der Waals surface area contributed by atoms with Crippen LogP contribution in [0.15, 0.2) is 71.7 Å². The van der Waals surface area contributed by atoms with Crippen LogP contribution in [0.4, 0.5) is 19.3 Å². The number of allylic oxidation sites excluding steroid dienone is 1. The zero-order valence-electron chi connectivity index (χ0n) is 24.1. The van der Waals surface area contributed by atoms with Crippen LogP contribution in [0.2, 0.25) is 0 Å². The van der Waals surface area contributed by atoms with E-state index in [4.69, 9.17) is 4.74 Å². The maximum atomic E-state index is 14.7. The van der Waals surface area contributed by atoms with Crippen molar-refractivity contribution in [2.75, 3.05) is 26.5 Å². The van der Waals surface area contributed by atoms with Crippen molar-refractivity contribution < 1.29 is 32.6 Å². The molecule has 0 aliphatic carbocycles. The molecule has 0 saturated heterocycles. The largest absolute Gasteiger partial charge is 0.453 e. The summed E-state index contributed by atoms with van der Waals surface area (Å²) in [6, 6.07) is 10.8. The minimum absolute atomic E-state index is 0.0306.